The molecule has 0 amide bonds. The molecule has 0 aromatic carbocycles. The van der Waals surface area contributed by atoms with Crippen molar-refractivity contribution in [3.8, 4) is 0 Å². The van der Waals surface area contributed by atoms with Crippen LogP contribution in [0, 0.1) is 5.92 Å². The van der Waals surface area contributed by atoms with Gasteiger partial charge in [-0.25, -0.2) is 0 Å². The van der Waals surface area contributed by atoms with Crippen molar-refractivity contribution in [2.24, 2.45) is 5.92 Å². The van der Waals surface area contributed by atoms with Gasteiger partial charge in [0.1, 0.15) is 5.60 Å². The van der Waals surface area contributed by atoms with E-state index in [9.17, 15) is 139 Å². The van der Waals surface area contributed by atoms with Gasteiger partial charge in [-0.1, -0.05) is 0 Å². The summed E-state index contributed by atoms with van der Waals surface area (Å²) in [6.45, 7) is -11.8. The van der Waals surface area contributed by atoms with Crippen molar-refractivity contribution in [3.05, 3.63) is 0 Å². The number of carboxylic acid groups (broad SMARTS) is 13. The molecule has 3 atom stereocenters. The van der Waals surface area contributed by atoms with Gasteiger partial charge in [-0.15, -0.1) is 0 Å². The molecule has 33 nitrogen and oxygen atoms in total. The minimum atomic E-state index is -3.94. The van der Waals surface area contributed by atoms with E-state index in [4.69, 9.17) is 0 Å². The molecule has 366 valence electrons. The Hall–Kier alpha value is 5.38. The maximum atomic E-state index is 12.1. The van der Waals surface area contributed by atoms with E-state index in [2.05, 4.69) is 4.74 Å². The molecule has 0 aliphatic carbocycles. The molecule has 0 bridgehead atoms. The zero-order valence-electron chi connectivity index (χ0n) is 45.7. The summed E-state index contributed by atoms with van der Waals surface area (Å²) in [4.78, 5) is 157. The van der Waals surface area contributed by atoms with Crippen LogP contribution in [0.15, 0.2) is 0 Å². The molecule has 46 heteroatoms. The van der Waals surface area contributed by atoms with E-state index in [1.54, 1.807) is 0 Å². The summed E-state index contributed by atoms with van der Waals surface area (Å²) in [6, 6.07) is -2.45. The number of nitrogens with zero attached hydrogens (tertiary/aromatic N) is 4. The predicted molar refractivity (Wildman–Crippen MR) is 161 cm³/mol. The number of hydrogen-bond acceptors (Lipinski definition) is 33. The minimum Gasteiger partial charge on any atom is -0.550 e. The van der Waals surface area contributed by atoms with Gasteiger partial charge < -0.3 is 139 Å². The van der Waals surface area contributed by atoms with Crippen LogP contribution in [0.2, 0.25) is 0 Å². The summed E-state index contributed by atoms with van der Waals surface area (Å²) < 4.78 is 4.45. The Morgan fingerprint density at radius 1 is 0.359 bits per heavy atom. The molecule has 0 saturated carbocycles. The summed E-state index contributed by atoms with van der Waals surface area (Å²) in [7, 11) is 0. The Morgan fingerprint density at radius 3 is 0.859 bits per heavy atom. The molecule has 0 aromatic heterocycles. The first-order valence-corrected chi connectivity index (χ1v) is 17.1. The third-order valence-corrected chi connectivity index (χ3v) is 7.89. The van der Waals surface area contributed by atoms with Crippen molar-refractivity contribution in [1.82, 2.24) is 19.6 Å². The zero-order chi connectivity index (χ0) is 51.2. The molecule has 78 heavy (non-hydrogen) atoms. The SMILES string of the molecule is O=C([O-])CN(CC(=O)[O-])CC(C(C(=O)[O-])C(O)(CC(=O)[O-])C(=O)[O-])N(CC(=O)[O-])CC(=O)[O-].O=C([O-])CN(CCN(CC(=O)[O-])CC(=O)OC(CC(=O)[O-])(CC(=O)[O-])C(=O)[O-])CC(=O)[O-].[Na+].[Na+].[Na+].[Na+].[Na+].[Na+].[Na+].[Na+].[Na+].[Na+].[Na+].[Na+].[Na+]. The van der Waals surface area contributed by atoms with Gasteiger partial charge in [0.15, 0.2) is 5.60 Å². The first-order chi connectivity index (χ1) is 29.7. The van der Waals surface area contributed by atoms with E-state index < -0.39 is 198 Å². The second-order valence-electron chi connectivity index (χ2n) is 13.1. The standard InChI is InChI=1S/C16H22N2O15.C16H22N2O14.13Na/c19-8(20)1-16(33,15(31)32)13(14(29)30)7(18(5-11(25)26)6-12(27)28)2-17(3-9(21)22)4-10(23)24;19-9(20)3-16(15(30)31,4-10(21)22)32-14(29)8-18(7-13(27)28)2-1-17(5-11(23)24)6-12(25)26;;;;;;;;;;;;;/h7,13,33H,1-6H2,(H,19,20)(H,21,22)(H,23,24)(H,25,26)(H,27,28)(H,29,30)(H,31,32);1-8H2,(H,19,20)(H,21,22)(H,23,24)(H,25,26)(H,27,28)(H,30,31);;;;;;;;;;;;;/q;;13*+1/p-13. The van der Waals surface area contributed by atoms with E-state index in [0.29, 0.717) is 4.90 Å². The number of esters is 1. The number of rotatable bonds is 34. The third kappa shape index (κ3) is 56.6. The smallest absolute Gasteiger partial charge is 0.550 e. The molecule has 0 aliphatic rings. The molecule has 0 saturated heterocycles. The van der Waals surface area contributed by atoms with Gasteiger partial charge in [-0.05, 0) is 0 Å². The zero-order valence-corrected chi connectivity index (χ0v) is 71.7. The van der Waals surface area contributed by atoms with Crippen molar-refractivity contribution in [2.75, 3.05) is 72.0 Å². The quantitative estimate of drug-likeness (QED) is 0.0462. The fraction of sp³-hybridized carbons (Fsp3) is 0.562. The van der Waals surface area contributed by atoms with Crippen molar-refractivity contribution in [2.45, 2.75) is 36.5 Å². The number of aliphatic hydroxyl groups is 1. The summed E-state index contributed by atoms with van der Waals surface area (Å²) in [5.74, 6) is -32.2. The molecule has 0 spiro atoms. The minimum absolute atomic E-state index is 0. The van der Waals surface area contributed by atoms with Crippen LogP contribution in [-0.4, -0.2) is 198 Å². The molecule has 0 rings (SSSR count). The van der Waals surface area contributed by atoms with Crippen LogP contribution in [0.1, 0.15) is 19.3 Å². The second-order valence-corrected chi connectivity index (χ2v) is 13.1. The number of hydrogen-bond donors (Lipinski definition) is 1. The maximum absolute atomic E-state index is 12.1. The van der Waals surface area contributed by atoms with E-state index in [1.165, 1.54) is 0 Å². The van der Waals surface area contributed by atoms with Crippen LogP contribution < -0.4 is 451 Å². The Kier molecular flexibility index (Phi) is 99.2. The molecule has 0 radical (unpaired) electrons. The fourth-order valence-corrected chi connectivity index (χ4v) is 5.55. The number of aliphatic carboxylic acids is 13. The normalized spacial score (nSPS) is 10.8. The first kappa shape index (κ1) is 121. The summed E-state index contributed by atoms with van der Waals surface area (Å²) in [5.41, 5.74) is -7.16. The Bertz CT molecular complexity index is 1820. The van der Waals surface area contributed by atoms with Gasteiger partial charge in [0, 0.05) is 121 Å². The molecular weight excluding hydrogens is 1200 g/mol. The number of carboxylic acids is 13. The van der Waals surface area contributed by atoms with Crippen molar-refractivity contribution < 1.29 is 528 Å². The number of ether oxygens (including phenoxy) is 1. The topological polar surface area (TPSA) is 581 Å². The van der Waals surface area contributed by atoms with Crippen LogP contribution in [0.4, 0.5) is 0 Å². The number of carbonyl (C=O) groups is 14. The largest absolute Gasteiger partial charge is 1.00 e. The fourth-order valence-electron chi connectivity index (χ4n) is 5.55. The Balaban J connectivity index is -0.0000000671. The summed E-state index contributed by atoms with van der Waals surface area (Å²) in [5, 5.41) is 153. The average molecular weight is 1230 g/mol. The molecular formula is C32H31N4Na13O29. The molecule has 0 aliphatic heterocycles. The van der Waals surface area contributed by atoms with E-state index >= 15 is 0 Å². The van der Waals surface area contributed by atoms with Crippen molar-refractivity contribution in [3.63, 3.8) is 0 Å². The van der Waals surface area contributed by atoms with Crippen LogP contribution >= 0.6 is 0 Å². The van der Waals surface area contributed by atoms with Gasteiger partial charge in [0.05, 0.1) is 60.3 Å². The second kappa shape index (κ2) is 63.9. The van der Waals surface area contributed by atoms with Gasteiger partial charge in [0.25, 0.3) is 0 Å². The van der Waals surface area contributed by atoms with Gasteiger partial charge in [-0.2, -0.15) is 0 Å². The Labute approximate surface area is 730 Å². The molecule has 0 fully saturated rings. The number of carbonyl (C=O) groups excluding carboxylic acids is 14. The van der Waals surface area contributed by atoms with E-state index in [0.717, 1.165) is 4.90 Å². The Morgan fingerprint density at radius 2 is 0.628 bits per heavy atom. The summed E-state index contributed by atoms with van der Waals surface area (Å²) >= 11 is 0. The predicted octanol–water partition coefficient (Wildman–Crippen LogP) is -62.9. The van der Waals surface area contributed by atoms with E-state index in [1.807, 2.05) is 0 Å². The monoisotopic (exact) mass is 1230 g/mol. The van der Waals surface area contributed by atoms with Crippen LogP contribution in [0.3, 0.4) is 0 Å². The van der Waals surface area contributed by atoms with Crippen LogP contribution in [0.5, 0.6) is 0 Å². The molecule has 1 N–H and O–H groups in total. The van der Waals surface area contributed by atoms with Crippen molar-refractivity contribution >= 4 is 83.6 Å². The van der Waals surface area contributed by atoms with Crippen molar-refractivity contribution in [1.29, 1.82) is 0 Å². The van der Waals surface area contributed by atoms with Crippen LogP contribution in [-0.2, 0) is 71.9 Å². The molecule has 0 aromatic rings. The summed E-state index contributed by atoms with van der Waals surface area (Å²) in [6.07, 6.45) is -5.24. The average Bonchev–Trinajstić information content (AvgIpc) is 3.07. The van der Waals surface area contributed by atoms with Gasteiger partial charge in [0.2, 0.25) is 0 Å². The van der Waals surface area contributed by atoms with E-state index in [-0.39, 0.29) is 394 Å². The third-order valence-electron chi connectivity index (χ3n) is 7.89. The van der Waals surface area contributed by atoms with Gasteiger partial charge in [-0.3, -0.25) is 24.4 Å². The maximum Gasteiger partial charge on any atom is 1.00 e. The molecule has 0 heterocycles. The van der Waals surface area contributed by atoms with Crippen LogP contribution in [0.25, 0.3) is 0 Å². The van der Waals surface area contributed by atoms with Gasteiger partial charge >= 0.3 is 390 Å². The first-order valence-electron chi connectivity index (χ1n) is 17.1. The molecule has 3 unspecified atom stereocenters.